The third-order valence-electron chi connectivity index (χ3n) is 8.08. The molecule has 3 fully saturated rings. The smallest absolute Gasteiger partial charge is 0.302 e. The van der Waals surface area contributed by atoms with Crippen LogP contribution in [0.15, 0.2) is 11.6 Å². The van der Waals surface area contributed by atoms with Crippen molar-refractivity contribution in [2.45, 2.75) is 83.6 Å². The van der Waals surface area contributed by atoms with Crippen LogP contribution in [0.1, 0.15) is 48.0 Å². The van der Waals surface area contributed by atoms with Gasteiger partial charge in [-0.25, -0.2) is 0 Å². The zero-order valence-electron chi connectivity index (χ0n) is 17.9. The first-order chi connectivity index (χ1) is 13.3. The summed E-state index contributed by atoms with van der Waals surface area (Å²) in [5, 5.41) is 32.6. The maximum Gasteiger partial charge on any atom is 0.302 e. The summed E-state index contributed by atoms with van der Waals surface area (Å²) in [6.07, 6.45) is -1.86. The highest BCUT2D eigenvalue weighted by Gasteiger charge is 2.82. The van der Waals surface area contributed by atoms with Gasteiger partial charge in [0.15, 0.2) is 17.0 Å². The third-order valence-corrected chi connectivity index (χ3v) is 8.08. The molecule has 4 aliphatic rings. The Morgan fingerprint density at radius 3 is 2.41 bits per heavy atom. The van der Waals surface area contributed by atoms with Crippen molar-refractivity contribution < 1.29 is 34.4 Å². The molecule has 29 heavy (non-hydrogen) atoms. The van der Waals surface area contributed by atoms with Gasteiger partial charge in [0, 0.05) is 18.8 Å². The zero-order chi connectivity index (χ0) is 21.7. The van der Waals surface area contributed by atoms with Crippen molar-refractivity contribution in [1.29, 1.82) is 0 Å². The number of epoxide rings is 1. The van der Waals surface area contributed by atoms with Crippen LogP contribution in [0, 0.1) is 29.1 Å². The lowest BCUT2D eigenvalue weighted by Crippen LogP contribution is -2.43. The molecular formula is C22H32O7. The maximum atomic E-state index is 13.7. The lowest BCUT2D eigenvalue weighted by Gasteiger charge is -2.26. The highest BCUT2D eigenvalue weighted by molar-refractivity contribution is 5.96. The molecule has 1 aliphatic heterocycles. The second kappa shape index (κ2) is 6.13. The summed E-state index contributed by atoms with van der Waals surface area (Å²) >= 11 is 0. The fraction of sp³-hybridized carbons (Fsp3) is 0.818. The number of ketones is 1. The van der Waals surface area contributed by atoms with Gasteiger partial charge in [-0.15, -0.1) is 0 Å². The second-order valence-corrected chi connectivity index (χ2v) is 10.3. The molecule has 7 heteroatoms. The van der Waals surface area contributed by atoms with Crippen molar-refractivity contribution in [3.63, 3.8) is 0 Å². The Morgan fingerprint density at radius 1 is 1.21 bits per heavy atom. The van der Waals surface area contributed by atoms with Crippen LogP contribution in [-0.2, 0) is 19.1 Å². The van der Waals surface area contributed by atoms with Crippen LogP contribution < -0.4 is 0 Å². The van der Waals surface area contributed by atoms with E-state index in [9.17, 15) is 24.9 Å². The van der Waals surface area contributed by atoms with Crippen LogP contribution >= 0.6 is 0 Å². The van der Waals surface area contributed by atoms with E-state index in [4.69, 9.17) is 9.47 Å². The molecule has 2 saturated carbocycles. The second-order valence-electron chi connectivity index (χ2n) is 10.3. The first-order valence-electron chi connectivity index (χ1n) is 10.5. The Kier molecular flexibility index (Phi) is 4.43. The lowest BCUT2D eigenvalue weighted by molar-refractivity contribution is -0.154. The summed E-state index contributed by atoms with van der Waals surface area (Å²) in [6.45, 7) is 10.5. The predicted octanol–water partition coefficient (Wildman–Crippen LogP) is 0.986. The van der Waals surface area contributed by atoms with Crippen molar-refractivity contribution in [3.05, 3.63) is 11.6 Å². The van der Waals surface area contributed by atoms with Crippen LogP contribution in [0.2, 0.25) is 0 Å². The number of hydrogen-bond donors (Lipinski definition) is 3. The quantitative estimate of drug-likeness (QED) is 0.336. The minimum atomic E-state index is -1.20. The molecule has 0 radical (unpaired) electrons. The number of carbonyl (C=O) groups excluding carboxylic acids is 2. The van der Waals surface area contributed by atoms with E-state index in [0.29, 0.717) is 12.0 Å². The first kappa shape index (κ1) is 21.0. The first-order valence-corrected chi connectivity index (χ1v) is 10.5. The number of ether oxygens (including phenoxy) is 2. The summed E-state index contributed by atoms with van der Waals surface area (Å²) < 4.78 is 11.6. The van der Waals surface area contributed by atoms with Gasteiger partial charge in [-0.05, 0) is 36.3 Å². The molecule has 1 heterocycles. The van der Waals surface area contributed by atoms with Crippen LogP contribution in [0.4, 0.5) is 0 Å². The number of aliphatic hydroxyl groups excluding tert-OH is 3. The molecule has 0 amide bonds. The molecule has 1 saturated heterocycles. The molecule has 0 spiro atoms. The SMILES string of the molecule is CC(=O)O[C@H]1[C@@H]2[C@H]([C@@H](O)[C@H](O)/C(C)=C/[C@@]34O[C@@]3(C[C@H](C)[C@@H]4O)C(=O)[C@H]1C)C2(C)C. The Balaban J connectivity index is 1.83. The van der Waals surface area contributed by atoms with Gasteiger partial charge in [-0.2, -0.15) is 0 Å². The highest BCUT2D eigenvalue weighted by Crippen LogP contribution is 2.67. The molecule has 4 rings (SSSR count). The fourth-order valence-electron chi connectivity index (χ4n) is 6.41. The average Bonchev–Trinajstić information content (AvgIpc) is 3.43. The number of carbonyl (C=O) groups is 2. The molecule has 0 aromatic carbocycles. The third kappa shape index (κ3) is 2.57. The van der Waals surface area contributed by atoms with E-state index < -0.39 is 52.9 Å². The normalized spacial score (nSPS) is 54.8. The number of hydrogen-bond acceptors (Lipinski definition) is 7. The number of esters is 1. The van der Waals surface area contributed by atoms with E-state index in [1.807, 2.05) is 20.8 Å². The Hall–Kier alpha value is -1.28. The van der Waals surface area contributed by atoms with Gasteiger partial charge in [-0.1, -0.05) is 27.7 Å². The molecule has 0 bridgehead atoms. The molecule has 162 valence electrons. The van der Waals surface area contributed by atoms with Gasteiger partial charge < -0.3 is 24.8 Å². The zero-order valence-corrected chi connectivity index (χ0v) is 17.9. The highest BCUT2D eigenvalue weighted by atomic mass is 16.7. The minimum absolute atomic E-state index is 0.161. The van der Waals surface area contributed by atoms with Gasteiger partial charge in [0.1, 0.15) is 12.2 Å². The summed E-state index contributed by atoms with van der Waals surface area (Å²) in [7, 11) is 0. The predicted molar refractivity (Wildman–Crippen MR) is 103 cm³/mol. The molecule has 3 aliphatic carbocycles. The number of fused-ring (bicyclic) bond motifs is 1. The average molecular weight is 408 g/mol. The Morgan fingerprint density at radius 2 is 1.83 bits per heavy atom. The fourth-order valence-corrected chi connectivity index (χ4v) is 6.41. The Bertz CT molecular complexity index is 788. The van der Waals surface area contributed by atoms with Crippen LogP contribution in [0.5, 0.6) is 0 Å². The van der Waals surface area contributed by atoms with E-state index >= 15 is 0 Å². The molecule has 0 aromatic heterocycles. The van der Waals surface area contributed by atoms with Crippen molar-refractivity contribution in [2.75, 3.05) is 0 Å². The van der Waals surface area contributed by atoms with Gasteiger partial charge in [0.25, 0.3) is 0 Å². The summed E-state index contributed by atoms with van der Waals surface area (Å²) in [5.74, 6) is -2.10. The Labute approximate surface area is 171 Å². The molecule has 7 nitrogen and oxygen atoms in total. The van der Waals surface area contributed by atoms with E-state index in [-0.39, 0.29) is 23.5 Å². The maximum absolute atomic E-state index is 13.7. The molecule has 0 unspecified atom stereocenters. The molecule has 3 N–H and O–H groups in total. The van der Waals surface area contributed by atoms with Crippen molar-refractivity contribution in [1.82, 2.24) is 0 Å². The number of rotatable bonds is 1. The number of aliphatic hydroxyl groups is 3. The van der Waals surface area contributed by atoms with Crippen LogP contribution in [0.3, 0.4) is 0 Å². The molecule has 0 aromatic rings. The van der Waals surface area contributed by atoms with E-state index in [1.165, 1.54) is 6.92 Å². The summed E-state index contributed by atoms with van der Waals surface area (Å²) in [5.41, 5.74) is -2.32. The van der Waals surface area contributed by atoms with Gasteiger partial charge in [0.05, 0.1) is 18.1 Å². The van der Waals surface area contributed by atoms with Crippen molar-refractivity contribution in [2.24, 2.45) is 29.1 Å². The largest absolute Gasteiger partial charge is 0.461 e. The monoisotopic (exact) mass is 408 g/mol. The van der Waals surface area contributed by atoms with Gasteiger partial charge in [-0.3, -0.25) is 9.59 Å². The van der Waals surface area contributed by atoms with Crippen LogP contribution in [0.25, 0.3) is 0 Å². The molecule has 10 atom stereocenters. The van der Waals surface area contributed by atoms with E-state index in [2.05, 4.69) is 0 Å². The van der Waals surface area contributed by atoms with Crippen LogP contribution in [-0.4, -0.2) is 62.7 Å². The lowest BCUT2D eigenvalue weighted by atomic mass is 9.80. The molecular weight excluding hydrogens is 376 g/mol. The standard InChI is InChI=1S/C22H32O7/c1-9-7-21-18(26)10(2)8-22(21,29-21)19(27)11(3)17(28-12(4)23)14-13(20(14,5)6)16(25)15(9)24/h7,10-11,13-18,24-26H,8H2,1-6H3/b9-7+/t10-,11-,13+,14-,15+,16+,17+,18-,21-,22-/m0/s1. The minimum Gasteiger partial charge on any atom is -0.461 e. The van der Waals surface area contributed by atoms with E-state index in [1.54, 1.807) is 19.9 Å². The summed E-state index contributed by atoms with van der Waals surface area (Å²) in [6, 6.07) is 0. The van der Waals surface area contributed by atoms with Gasteiger partial charge in [0.2, 0.25) is 0 Å². The van der Waals surface area contributed by atoms with Crippen molar-refractivity contribution >= 4 is 11.8 Å². The topological polar surface area (TPSA) is 117 Å². The number of Topliss-reactive ketones (excluding diaryl/α,β-unsaturated/α-hetero) is 1. The summed E-state index contributed by atoms with van der Waals surface area (Å²) in [4.78, 5) is 25.5. The van der Waals surface area contributed by atoms with E-state index in [0.717, 1.165) is 0 Å². The van der Waals surface area contributed by atoms with Gasteiger partial charge >= 0.3 is 5.97 Å². The van der Waals surface area contributed by atoms with Crippen molar-refractivity contribution in [3.8, 4) is 0 Å².